The maximum absolute atomic E-state index is 11.9. The zero-order valence-electron chi connectivity index (χ0n) is 10.2. The molecule has 0 radical (unpaired) electrons. The van der Waals surface area contributed by atoms with E-state index in [1.807, 2.05) is 13.8 Å². The lowest BCUT2D eigenvalue weighted by Crippen LogP contribution is -2.30. The molecule has 1 heterocycles. The van der Waals surface area contributed by atoms with Crippen molar-refractivity contribution in [2.45, 2.75) is 20.5 Å². The Hall–Kier alpha value is -0.980. The predicted molar refractivity (Wildman–Crippen MR) is 66.1 cm³/mol. The summed E-state index contributed by atoms with van der Waals surface area (Å²) in [5, 5.41) is 11.1. The first-order chi connectivity index (χ1) is 8.22. The highest BCUT2D eigenvalue weighted by Gasteiger charge is 2.15. The van der Waals surface area contributed by atoms with Gasteiger partial charge in [-0.1, -0.05) is 0 Å². The molecule has 5 nitrogen and oxygen atoms in total. The summed E-state index contributed by atoms with van der Waals surface area (Å²) in [6.07, 6.45) is 0. The molecule has 1 amide bonds. The summed E-state index contributed by atoms with van der Waals surface area (Å²) in [6, 6.07) is 0. The Labute approximate surface area is 105 Å². The van der Waals surface area contributed by atoms with Gasteiger partial charge in [-0.05, 0) is 13.8 Å². The molecule has 1 rings (SSSR count). The number of carbonyl (C=O) groups excluding carboxylic acids is 1. The highest BCUT2D eigenvalue weighted by Crippen LogP contribution is 2.12. The lowest BCUT2D eigenvalue weighted by molar-refractivity contribution is 0.0759. The maximum atomic E-state index is 11.9. The summed E-state index contributed by atoms with van der Waals surface area (Å²) in [6.45, 7) is 5.89. The van der Waals surface area contributed by atoms with E-state index in [0.29, 0.717) is 32.0 Å². The molecule has 0 atom stereocenters. The number of aliphatic hydroxyl groups is 1. The molecule has 0 unspecified atom stereocenters. The van der Waals surface area contributed by atoms with Crippen LogP contribution in [0.3, 0.4) is 0 Å². The average Bonchev–Trinajstić information content (AvgIpc) is 2.79. The number of aliphatic hydroxyl groups excluding tert-OH is 1. The van der Waals surface area contributed by atoms with Crippen molar-refractivity contribution in [3.8, 4) is 0 Å². The van der Waals surface area contributed by atoms with E-state index in [4.69, 9.17) is 9.84 Å². The second-order valence-electron chi connectivity index (χ2n) is 3.38. The molecule has 0 aromatic carbocycles. The average molecular weight is 258 g/mol. The molecule has 96 valence electrons. The van der Waals surface area contributed by atoms with Gasteiger partial charge in [-0.3, -0.25) is 4.79 Å². The Morgan fingerprint density at radius 3 is 2.82 bits per heavy atom. The van der Waals surface area contributed by atoms with E-state index in [-0.39, 0.29) is 12.5 Å². The van der Waals surface area contributed by atoms with E-state index in [2.05, 4.69) is 4.98 Å². The second kappa shape index (κ2) is 7.37. The van der Waals surface area contributed by atoms with Crippen LogP contribution in [0.1, 0.15) is 29.3 Å². The number of thiazole rings is 1. The second-order valence-corrected chi connectivity index (χ2v) is 4.32. The normalized spacial score (nSPS) is 10.5. The molecule has 0 fully saturated rings. The quantitative estimate of drug-likeness (QED) is 0.745. The molecule has 0 aliphatic carbocycles. The molecule has 17 heavy (non-hydrogen) atoms. The minimum atomic E-state index is -0.0420. The minimum absolute atomic E-state index is 0.00336. The number of amides is 1. The van der Waals surface area contributed by atoms with Gasteiger partial charge in [0, 0.05) is 18.5 Å². The summed E-state index contributed by atoms with van der Waals surface area (Å²) >= 11 is 1.40. The van der Waals surface area contributed by atoms with Crippen molar-refractivity contribution in [2.24, 2.45) is 0 Å². The molecular weight excluding hydrogens is 240 g/mol. The van der Waals surface area contributed by atoms with Crippen LogP contribution >= 0.6 is 11.3 Å². The van der Waals surface area contributed by atoms with Crippen molar-refractivity contribution < 1.29 is 14.6 Å². The molecule has 0 aliphatic heterocycles. The first-order valence-electron chi connectivity index (χ1n) is 5.65. The fourth-order valence-electron chi connectivity index (χ4n) is 1.37. The molecule has 0 spiro atoms. The van der Waals surface area contributed by atoms with Crippen molar-refractivity contribution in [1.82, 2.24) is 9.88 Å². The van der Waals surface area contributed by atoms with Gasteiger partial charge in [0.05, 0.1) is 19.8 Å². The van der Waals surface area contributed by atoms with Gasteiger partial charge in [0.1, 0.15) is 10.7 Å². The summed E-state index contributed by atoms with van der Waals surface area (Å²) in [7, 11) is 0. The Kier molecular flexibility index (Phi) is 6.10. The topological polar surface area (TPSA) is 62.7 Å². The van der Waals surface area contributed by atoms with Gasteiger partial charge in [-0.15, -0.1) is 11.3 Å². The number of hydrogen-bond acceptors (Lipinski definition) is 5. The number of nitrogens with zero attached hydrogens (tertiary/aromatic N) is 2. The molecule has 6 heteroatoms. The Morgan fingerprint density at radius 1 is 1.53 bits per heavy atom. The molecule has 1 aromatic rings. The Morgan fingerprint density at radius 2 is 2.24 bits per heavy atom. The Balaban J connectivity index is 2.57. The van der Waals surface area contributed by atoms with E-state index in [1.165, 1.54) is 11.3 Å². The van der Waals surface area contributed by atoms with Crippen molar-refractivity contribution in [2.75, 3.05) is 26.3 Å². The van der Waals surface area contributed by atoms with Gasteiger partial charge < -0.3 is 14.7 Å². The summed E-state index contributed by atoms with van der Waals surface area (Å²) in [5.74, 6) is -0.0420. The smallest absolute Gasteiger partial charge is 0.273 e. The van der Waals surface area contributed by atoms with Crippen LogP contribution in [0.25, 0.3) is 0 Å². The number of carbonyl (C=O) groups is 1. The highest BCUT2D eigenvalue weighted by atomic mass is 32.1. The molecular formula is C11H18N2O3S. The zero-order chi connectivity index (χ0) is 12.7. The van der Waals surface area contributed by atoms with Crippen LogP contribution in [0.4, 0.5) is 0 Å². The summed E-state index contributed by atoms with van der Waals surface area (Å²) < 4.78 is 5.15. The lowest BCUT2D eigenvalue weighted by Gasteiger charge is -2.16. The van der Waals surface area contributed by atoms with Gasteiger partial charge in [0.2, 0.25) is 0 Å². The molecule has 0 saturated carbocycles. The lowest BCUT2D eigenvalue weighted by atomic mass is 10.4. The van der Waals surface area contributed by atoms with Crippen LogP contribution in [0.15, 0.2) is 5.38 Å². The Bertz CT molecular complexity index is 350. The third kappa shape index (κ3) is 4.07. The van der Waals surface area contributed by atoms with Crippen LogP contribution in [0, 0.1) is 0 Å². The van der Waals surface area contributed by atoms with E-state index >= 15 is 0 Å². The highest BCUT2D eigenvalue weighted by molar-refractivity contribution is 7.09. The SMILES string of the molecule is CCN(CC)C(=O)c1csc(COCCO)n1. The third-order valence-corrected chi connectivity index (χ3v) is 3.11. The van der Waals surface area contributed by atoms with E-state index < -0.39 is 0 Å². The molecule has 0 bridgehead atoms. The maximum Gasteiger partial charge on any atom is 0.273 e. The van der Waals surface area contributed by atoms with E-state index in [0.717, 1.165) is 5.01 Å². The molecule has 1 N–H and O–H groups in total. The largest absolute Gasteiger partial charge is 0.394 e. The van der Waals surface area contributed by atoms with Crippen LogP contribution < -0.4 is 0 Å². The van der Waals surface area contributed by atoms with Crippen LogP contribution in [0.5, 0.6) is 0 Å². The third-order valence-electron chi connectivity index (χ3n) is 2.28. The summed E-state index contributed by atoms with van der Waals surface area (Å²) in [4.78, 5) is 17.9. The minimum Gasteiger partial charge on any atom is -0.394 e. The fraction of sp³-hybridized carbons (Fsp3) is 0.636. The monoisotopic (exact) mass is 258 g/mol. The van der Waals surface area contributed by atoms with Gasteiger partial charge in [0.15, 0.2) is 0 Å². The number of ether oxygens (including phenoxy) is 1. The van der Waals surface area contributed by atoms with Gasteiger partial charge >= 0.3 is 0 Å². The van der Waals surface area contributed by atoms with Crippen molar-refractivity contribution in [1.29, 1.82) is 0 Å². The fourth-order valence-corrected chi connectivity index (χ4v) is 2.08. The van der Waals surface area contributed by atoms with Crippen LogP contribution in [0.2, 0.25) is 0 Å². The number of aromatic nitrogens is 1. The van der Waals surface area contributed by atoms with Crippen LogP contribution in [-0.4, -0.2) is 47.2 Å². The molecule has 1 aromatic heterocycles. The van der Waals surface area contributed by atoms with Crippen molar-refractivity contribution in [3.63, 3.8) is 0 Å². The first kappa shape index (κ1) is 14.1. The van der Waals surface area contributed by atoms with E-state index in [1.54, 1.807) is 10.3 Å². The number of hydrogen-bond donors (Lipinski definition) is 1. The molecule has 0 saturated heterocycles. The van der Waals surface area contributed by atoms with Gasteiger partial charge in [0.25, 0.3) is 5.91 Å². The number of rotatable bonds is 7. The molecule has 0 aliphatic rings. The van der Waals surface area contributed by atoms with E-state index in [9.17, 15) is 4.79 Å². The van der Waals surface area contributed by atoms with Crippen molar-refractivity contribution >= 4 is 17.2 Å². The zero-order valence-corrected chi connectivity index (χ0v) is 11.0. The first-order valence-corrected chi connectivity index (χ1v) is 6.53. The van der Waals surface area contributed by atoms with Crippen molar-refractivity contribution in [3.05, 3.63) is 16.1 Å². The van der Waals surface area contributed by atoms with Gasteiger partial charge in [-0.2, -0.15) is 0 Å². The summed E-state index contributed by atoms with van der Waals surface area (Å²) in [5.41, 5.74) is 0.473. The van der Waals surface area contributed by atoms with Crippen LogP contribution in [-0.2, 0) is 11.3 Å². The standard InChI is InChI=1S/C11H18N2O3S/c1-3-13(4-2)11(15)9-8-17-10(12-9)7-16-6-5-14/h8,14H,3-7H2,1-2H3. The predicted octanol–water partition coefficient (Wildman–Crippen LogP) is 1.13. The van der Waals surface area contributed by atoms with Gasteiger partial charge in [-0.25, -0.2) is 4.98 Å².